The summed E-state index contributed by atoms with van der Waals surface area (Å²) in [7, 11) is 0. The third-order valence-electron chi connectivity index (χ3n) is 5.25. The molecule has 1 N–H and O–H groups in total. The highest BCUT2D eigenvalue weighted by atomic mass is 16.1. The molecule has 31 heavy (non-hydrogen) atoms. The maximum absolute atomic E-state index is 13.2. The van der Waals surface area contributed by atoms with E-state index < -0.39 is 0 Å². The average molecular weight is 410 g/mol. The van der Waals surface area contributed by atoms with Crippen molar-refractivity contribution in [2.24, 2.45) is 0 Å². The molecule has 154 valence electrons. The Morgan fingerprint density at radius 2 is 1.87 bits per heavy atom. The van der Waals surface area contributed by atoms with E-state index in [1.165, 1.54) is 0 Å². The van der Waals surface area contributed by atoms with Gasteiger partial charge in [0, 0.05) is 29.4 Å². The summed E-state index contributed by atoms with van der Waals surface area (Å²) in [6, 6.07) is 15.8. The molecule has 4 heterocycles. The highest BCUT2D eigenvalue weighted by Crippen LogP contribution is 2.29. The van der Waals surface area contributed by atoms with Gasteiger partial charge >= 0.3 is 0 Å². The van der Waals surface area contributed by atoms with E-state index in [2.05, 4.69) is 15.4 Å². The normalized spacial score (nSPS) is 11.5. The zero-order valence-electron chi connectivity index (χ0n) is 17.6. The molecule has 0 spiro atoms. The predicted octanol–water partition coefficient (Wildman–Crippen LogP) is 4.89. The minimum absolute atomic E-state index is 0.194. The standard InChI is InChI=1S/C24H22N6O/c1-15(2)30-22-18(14-26-30)12-19(13-25-22)24(31)28-23-21(17-7-5-4-6-8-17)27-20-11-16(3)9-10-29(20)23/h4-15H,1-3H3,(H,28,31). The first-order chi connectivity index (χ1) is 15.0. The molecule has 7 nitrogen and oxygen atoms in total. The molecule has 0 aliphatic carbocycles. The molecule has 0 saturated heterocycles. The number of imidazole rings is 1. The molecule has 0 aliphatic rings. The summed E-state index contributed by atoms with van der Waals surface area (Å²) in [6.07, 6.45) is 5.26. The van der Waals surface area contributed by atoms with Crippen molar-refractivity contribution in [3.63, 3.8) is 0 Å². The molecule has 0 bridgehead atoms. The van der Waals surface area contributed by atoms with Crippen LogP contribution in [0.15, 0.2) is 67.1 Å². The Morgan fingerprint density at radius 1 is 1.06 bits per heavy atom. The molecule has 5 aromatic rings. The van der Waals surface area contributed by atoms with Crippen LogP contribution < -0.4 is 5.32 Å². The van der Waals surface area contributed by atoms with Gasteiger partial charge in [0.25, 0.3) is 5.91 Å². The molecule has 0 unspecified atom stereocenters. The van der Waals surface area contributed by atoms with Crippen molar-refractivity contribution in [1.29, 1.82) is 0 Å². The molecule has 7 heteroatoms. The molecule has 1 amide bonds. The topological polar surface area (TPSA) is 77.1 Å². The van der Waals surface area contributed by atoms with E-state index in [9.17, 15) is 4.79 Å². The number of benzene rings is 1. The van der Waals surface area contributed by atoms with E-state index in [0.29, 0.717) is 11.4 Å². The summed E-state index contributed by atoms with van der Waals surface area (Å²) < 4.78 is 3.74. The Kier molecular flexibility index (Phi) is 4.51. The highest BCUT2D eigenvalue weighted by Gasteiger charge is 2.18. The van der Waals surface area contributed by atoms with Crippen LogP contribution in [0.4, 0.5) is 5.82 Å². The van der Waals surface area contributed by atoms with Gasteiger partial charge in [0.15, 0.2) is 5.65 Å². The summed E-state index contributed by atoms with van der Waals surface area (Å²) in [5, 5.41) is 8.27. The minimum Gasteiger partial charge on any atom is -0.306 e. The quantitative estimate of drug-likeness (QED) is 0.458. The van der Waals surface area contributed by atoms with E-state index in [4.69, 9.17) is 4.98 Å². The van der Waals surface area contributed by atoms with Crippen molar-refractivity contribution in [2.75, 3.05) is 5.32 Å². The molecular formula is C24H22N6O. The Hall–Kier alpha value is -4.00. The van der Waals surface area contributed by atoms with E-state index >= 15 is 0 Å². The third-order valence-corrected chi connectivity index (χ3v) is 5.25. The highest BCUT2D eigenvalue weighted by molar-refractivity contribution is 6.07. The minimum atomic E-state index is -0.244. The van der Waals surface area contributed by atoms with Crippen LogP contribution in [-0.2, 0) is 0 Å². The first-order valence-electron chi connectivity index (χ1n) is 10.2. The maximum atomic E-state index is 13.2. The van der Waals surface area contributed by atoms with Crippen LogP contribution in [0.5, 0.6) is 0 Å². The van der Waals surface area contributed by atoms with Crippen LogP contribution in [0.3, 0.4) is 0 Å². The van der Waals surface area contributed by atoms with E-state index in [0.717, 1.165) is 33.5 Å². The molecule has 5 rings (SSSR count). The van der Waals surface area contributed by atoms with Gasteiger partial charge in [-0.2, -0.15) is 5.10 Å². The number of fused-ring (bicyclic) bond motifs is 2. The van der Waals surface area contributed by atoms with Gasteiger partial charge in [-0.05, 0) is 44.5 Å². The molecule has 0 radical (unpaired) electrons. The van der Waals surface area contributed by atoms with Crippen molar-refractivity contribution < 1.29 is 4.79 Å². The van der Waals surface area contributed by atoms with Gasteiger partial charge < -0.3 is 5.32 Å². The van der Waals surface area contributed by atoms with Crippen LogP contribution in [-0.4, -0.2) is 30.1 Å². The second-order valence-electron chi connectivity index (χ2n) is 7.88. The maximum Gasteiger partial charge on any atom is 0.258 e. The Morgan fingerprint density at radius 3 is 2.65 bits per heavy atom. The van der Waals surface area contributed by atoms with Crippen LogP contribution in [0, 0.1) is 6.92 Å². The fraction of sp³-hybridized carbons (Fsp3) is 0.167. The molecule has 1 aromatic carbocycles. The number of rotatable bonds is 4. The van der Waals surface area contributed by atoms with Gasteiger partial charge in [0.05, 0.1) is 11.8 Å². The van der Waals surface area contributed by atoms with Gasteiger partial charge in [-0.25, -0.2) is 14.6 Å². The van der Waals surface area contributed by atoms with Crippen molar-refractivity contribution in [2.45, 2.75) is 26.8 Å². The zero-order valence-corrected chi connectivity index (χ0v) is 17.6. The van der Waals surface area contributed by atoms with Crippen molar-refractivity contribution in [3.8, 4) is 11.3 Å². The largest absolute Gasteiger partial charge is 0.306 e. The first kappa shape index (κ1) is 19.0. The monoisotopic (exact) mass is 410 g/mol. The fourth-order valence-corrected chi connectivity index (χ4v) is 3.69. The zero-order chi connectivity index (χ0) is 21.5. The molecule has 0 saturated carbocycles. The number of aryl methyl sites for hydroxylation is 1. The van der Waals surface area contributed by atoms with Crippen molar-refractivity contribution in [3.05, 3.63) is 78.2 Å². The summed E-state index contributed by atoms with van der Waals surface area (Å²) in [5.74, 6) is 0.385. The van der Waals surface area contributed by atoms with Crippen molar-refractivity contribution in [1.82, 2.24) is 24.1 Å². The van der Waals surface area contributed by atoms with Gasteiger partial charge in [-0.3, -0.25) is 9.20 Å². The Balaban J connectivity index is 1.57. The van der Waals surface area contributed by atoms with Crippen LogP contribution in [0.1, 0.15) is 35.8 Å². The number of anilines is 1. The van der Waals surface area contributed by atoms with Gasteiger partial charge in [-0.15, -0.1) is 0 Å². The number of aromatic nitrogens is 5. The van der Waals surface area contributed by atoms with Crippen LogP contribution in [0.25, 0.3) is 27.9 Å². The Bertz CT molecular complexity index is 1410. The summed E-state index contributed by atoms with van der Waals surface area (Å²) >= 11 is 0. The molecule has 0 fully saturated rings. The number of hydrogen-bond donors (Lipinski definition) is 1. The second-order valence-corrected chi connectivity index (χ2v) is 7.88. The van der Waals surface area contributed by atoms with Crippen molar-refractivity contribution >= 4 is 28.4 Å². The number of nitrogens with one attached hydrogen (secondary N) is 1. The van der Waals surface area contributed by atoms with Gasteiger partial charge in [0.2, 0.25) is 0 Å². The molecular weight excluding hydrogens is 388 g/mol. The van der Waals surface area contributed by atoms with Gasteiger partial charge in [0.1, 0.15) is 17.2 Å². The smallest absolute Gasteiger partial charge is 0.258 e. The molecule has 4 aromatic heterocycles. The number of nitrogens with zero attached hydrogens (tertiary/aromatic N) is 5. The number of carbonyl (C=O) groups is 1. The summed E-state index contributed by atoms with van der Waals surface area (Å²) in [4.78, 5) is 22.4. The number of carbonyl (C=O) groups excluding carboxylic acids is 1. The van der Waals surface area contributed by atoms with Crippen LogP contribution in [0.2, 0.25) is 0 Å². The SMILES string of the molecule is Cc1ccn2c(NC(=O)c3cnc4c(cnn4C(C)C)c3)c(-c3ccccc3)nc2c1. The lowest BCUT2D eigenvalue weighted by atomic mass is 10.1. The van der Waals surface area contributed by atoms with E-state index in [-0.39, 0.29) is 11.9 Å². The Labute approximate surface area is 179 Å². The first-order valence-corrected chi connectivity index (χ1v) is 10.2. The number of amides is 1. The number of pyridine rings is 2. The predicted molar refractivity (Wildman–Crippen MR) is 121 cm³/mol. The van der Waals surface area contributed by atoms with E-state index in [1.54, 1.807) is 12.4 Å². The lowest BCUT2D eigenvalue weighted by molar-refractivity contribution is 0.102. The molecule has 0 atom stereocenters. The lowest BCUT2D eigenvalue weighted by Gasteiger charge is -2.09. The molecule has 0 aliphatic heterocycles. The third kappa shape index (κ3) is 3.34. The lowest BCUT2D eigenvalue weighted by Crippen LogP contribution is -2.14. The fourth-order valence-electron chi connectivity index (χ4n) is 3.69. The second kappa shape index (κ2) is 7.36. The summed E-state index contributed by atoms with van der Waals surface area (Å²) in [6.45, 7) is 6.12. The van der Waals surface area contributed by atoms with E-state index in [1.807, 2.05) is 84.6 Å². The summed E-state index contributed by atoms with van der Waals surface area (Å²) in [5.41, 5.74) is 4.78. The average Bonchev–Trinajstić information content (AvgIpc) is 3.35. The van der Waals surface area contributed by atoms with Crippen LogP contribution >= 0.6 is 0 Å². The number of hydrogen-bond acceptors (Lipinski definition) is 4. The van der Waals surface area contributed by atoms with Gasteiger partial charge in [-0.1, -0.05) is 30.3 Å².